The van der Waals surface area contributed by atoms with Gasteiger partial charge >= 0.3 is 5.97 Å². The maximum Gasteiger partial charge on any atom is 0.330 e. The Kier molecular flexibility index (Phi) is 9.57. The summed E-state index contributed by atoms with van der Waals surface area (Å²) >= 11 is 0. The second kappa shape index (κ2) is 13.7. The van der Waals surface area contributed by atoms with E-state index in [1.54, 1.807) is 18.2 Å². The van der Waals surface area contributed by atoms with E-state index in [2.05, 4.69) is 20.6 Å². The SMILES string of the molecule is CN(C)CCCOC(=O)C=CC(=O)Nc1ccc2ncnc(Nc3ccc(OCc4ccccc4)cc3)c2c1. The molecule has 0 radical (unpaired) electrons. The van der Waals surface area contributed by atoms with Crippen molar-refractivity contribution in [2.45, 2.75) is 13.0 Å². The van der Waals surface area contributed by atoms with Gasteiger partial charge in [0.1, 0.15) is 24.5 Å². The molecule has 39 heavy (non-hydrogen) atoms. The highest BCUT2D eigenvalue weighted by Gasteiger charge is 2.08. The molecule has 0 fully saturated rings. The molecule has 0 spiro atoms. The van der Waals surface area contributed by atoms with Crippen LogP contribution in [0.2, 0.25) is 0 Å². The van der Waals surface area contributed by atoms with Crippen LogP contribution >= 0.6 is 0 Å². The van der Waals surface area contributed by atoms with Gasteiger partial charge in [0.15, 0.2) is 0 Å². The van der Waals surface area contributed by atoms with Gasteiger partial charge in [0.2, 0.25) is 5.91 Å². The minimum Gasteiger partial charge on any atom is -0.489 e. The fourth-order valence-corrected chi connectivity index (χ4v) is 3.68. The van der Waals surface area contributed by atoms with Gasteiger partial charge in [-0.1, -0.05) is 30.3 Å². The van der Waals surface area contributed by atoms with Crippen molar-refractivity contribution in [3.8, 4) is 5.75 Å². The van der Waals surface area contributed by atoms with Crippen LogP contribution in [0.25, 0.3) is 10.9 Å². The summed E-state index contributed by atoms with van der Waals surface area (Å²) in [7, 11) is 3.90. The number of benzene rings is 3. The molecule has 0 aliphatic carbocycles. The van der Waals surface area contributed by atoms with Gasteiger partial charge in [-0.15, -0.1) is 0 Å². The summed E-state index contributed by atoms with van der Waals surface area (Å²) in [5, 5.41) is 6.79. The predicted molar refractivity (Wildman–Crippen MR) is 152 cm³/mol. The van der Waals surface area contributed by atoms with Gasteiger partial charge in [-0.2, -0.15) is 0 Å². The summed E-state index contributed by atoms with van der Waals surface area (Å²) in [6.45, 7) is 1.60. The Morgan fingerprint density at radius 1 is 0.923 bits per heavy atom. The zero-order valence-corrected chi connectivity index (χ0v) is 22.0. The number of hydrogen-bond donors (Lipinski definition) is 2. The molecule has 4 aromatic rings. The van der Waals surface area contributed by atoms with Gasteiger partial charge in [-0.25, -0.2) is 14.8 Å². The van der Waals surface area contributed by atoms with Gasteiger partial charge < -0.3 is 25.0 Å². The van der Waals surface area contributed by atoms with Crippen LogP contribution in [-0.2, 0) is 20.9 Å². The molecule has 1 aromatic heterocycles. The number of hydrogen-bond acceptors (Lipinski definition) is 8. The lowest BCUT2D eigenvalue weighted by molar-refractivity contribution is -0.138. The molecule has 0 atom stereocenters. The van der Waals surface area contributed by atoms with Gasteiger partial charge in [0, 0.05) is 35.5 Å². The molecule has 0 unspecified atom stereocenters. The van der Waals surface area contributed by atoms with Crippen molar-refractivity contribution in [3.05, 3.63) is 96.8 Å². The van der Waals surface area contributed by atoms with Crippen LogP contribution in [0.5, 0.6) is 5.75 Å². The Morgan fingerprint density at radius 2 is 1.69 bits per heavy atom. The smallest absolute Gasteiger partial charge is 0.330 e. The van der Waals surface area contributed by atoms with Gasteiger partial charge in [-0.3, -0.25) is 4.79 Å². The maximum atomic E-state index is 12.4. The van der Waals surface area contributed by atoms with E-state index in [0.29, 0.717) is 30.2 Å². The Bertz CT molecular complexity index is 1420. The molecule has 1 amide bonds. The lowest BCUT2D eigenvalue weighted by atomic mass is 10.2. The monoisotopic (exact) mass is 525 g/mol. The van der Waals surface area contributed by atoms with E-state index in [1.807, 2.05) is 73.6 Å². The lowest BCUT2D eigenvalue weighted by Gasteiger charge is -2.11. The first kappa shape index (κ1) is 27.3. The molecule has 0 saturated heterocycles. The van der Waals surface area contributed by atoms with Crippen molar-refractivity contribution in [2.24, 2.45) is 0 Å². The van der Waals surface area contributed by atoms with Crippen molar-refractivity contribution in [2.75, 3.05) is 37.9 Å². The highest BCUT2D eigenvalue weighted by atomic mass is 16.5. The van der Waals surface area contributed by atoms with E-state index in [9.17, 15) is 9.59 Å². The zero-order chi connectivity index (χ0) is 27.5. The zero-order valence-electron chi connectivity index (χ0n) is 22.0. The number of aromatic nitrogens is 2. The van der Waals surface area contributed by atoms with Crippen molar-refractivity contribution in [3.63, 3.8) is 0 Å². The quantitative estimate of drug-likeness (QED) is 0.152. The van der Waals surface area contributed by atoms with Crippen LogP contribution in [0, 0.1) is 0 Å². The molecule has 2 N–H and O–H groups in total. The molecule has 0 bridgehead atoms. The number of rotatable bonds is 12. The van der Waals surface area contributed by atoms with Crippen molar-refractivity contribution >= 4 is 40.0 Å². The molecule has 200 valence electrons. The highest BCUT2D eigenvalue weighted by Crippen LogP contribution is 2.27. The first-order chi connectivity index (χ1) is 19.0. The van der Waals surface area contributed by atoms with Crippen LogP contribution < -0.4 is 15.4 Å². The van der Waals surface area contributed by atoms with Crippen LogP contribution in [0.15, 0.2) is 91.3 Å². The second-order valence-corrected chi connectivity index (χ2v) is 9.02. The largest absolute Gasteiger partial charge is 0.489 e. The number of nitrogens with zero attached hydrogens (tertiary/aromatic N) is 3. The first-order valence-corrected chi connectivity index (χ1v) is 12.6. The molecule has 4 rings (SSSR count). The molecule has 9 nitrogen and oxygen atoms in total. The molecular formula is C30H31N5O4. The standard InChI is InChI=1S/C30H31N5O4/c1-35(2)17-6-18-38-29(37)16-15-28(36)33-24-11-14-27-26(19-24)30(32-21-31-27)34-23-9-12-25(13-10-23)39-20-22-7-4-3-5-8-22/h3-5,7-16,19,21H,6,17-18,20H2,1-2H3,(H,33,36)(H,31,32,34). The average Bonchev–Trinajstić information content (AvgIpc) is 2.94. The van der Waals surface area contributed by atoms with Crippen molar-refractivity contribution < 1.29 is 19.1 Å². The Morgan fingerprint density at radius 3 is 2.46 bits per heavy atom. The van der Waals surface area contributed by atoms with Gasteiger partial charge in [-0.05, 0) is 68.5 Å². The van der Waals surface area contributed by atoms with Gasteiger partial charge in [0.05, 0.1) is 12.1 Å². The van der Waals surface area contributed by atoms with E-state index >= 15 is 0 Å². The summed E-state index contributed by atoms with van der Waals surface area (Å²) in [6.07, 6.45) is 4.48. The number of amides is 1. The average molecular weight is 526 g/mol. The second-order valence-electron chi connectivity index (χ2n) is 9.02. The predicted octanol–water partition coefficient (Wildman–Crippen LogP) is 4.94. The van der Waals surface area contributed by atoms with Crippen LogP contribution in [0.1, 0.15) is 12.0 Å². The van der Waals surface area contributed by atoms with E-state index in [0.717, 1.165) is 47.5 Å². The minimum absolute atomic E-state index is 0.298. The summed E-state index contributed by atoms with van der Waals surface area (Å²) in [4.78, 5) is 34.9. The summed E-state index contributed by atoms with van der Waals surface area (Å²) in [6, 6.07) is 22.9. The normalized spacial score (nSPS) is 11.1. The third-order valence-corrected chi connectivity index (χ3v) is 5.63. The molecule has 0 saturated carbocycles. The van der Waals surface area contributed by atoms with E-state index in [-0.39, 0.29) is 0 Å². The third kappa shape index (κ3) is 8.65. The molecule has 3 aromatic carbocycles. The molecular weight excluding hydrogens is 494 g/mol. The van der Waals surface area contributed by atoms with Crippen LogP contribution in [0.3, 0.4) is 0 Å². The lowest BCUT2D eigenvalue weighted by Crippen LogP contribution is -2.16. The fourth-order valence-electron chi connectivity index (χ4n) is 3.68. The topological polar surface area (TPSA) is 106 Å². The van der Waals surface area contributed by atoms with E-state index in [1.165, 1.54) is 6.33 Å². The number of ether oxygens (including phenoxy) is 2. The Hall–Kier alpha value is -4.76. The number of carbonyl (C=O) groups is 2. The van der Waals surface area contributed by atoms with Crippen molar-refractivity contribution in [1.29, 1.82) is 0 Å². The molecule has 0 aliphatic rings. The number of anilines is 3. The first-order valence-electron chi connectivity index (χ1n) is 12.6. The summed E-state index contributed by atoms with van der Waals surface area (Å²) < 4.78 is 11.0. The minimum atomic E-state index is -0.557. The fraction of sp³-hybridized carbons (Fsp3) is 0.200. The molecule has 9 heteroatoms. The summed E-state index contributed by atoms with van der Waals surface area (Å²) in [5.74, 6) is 0.342. The number of esters is 1. The van der Waals surface area contributed by atoms with E-state index in [4.69, 9.17) is 9.47 Å². The molecule has 1 heterocycles. The molecule has 0 aliphatic heterocycles. The number of carbonyl (C=O) groups excluding carboxylic acids is 2. The number of fused-ring (bicyclic) bond motifs is 1. The van der Waals surface area contributed by atoms with Gasteiger partial charge in [0.25, 0.3) is 0 Å². The third-order valence-electron chi connectivity index (χ3n) is 5.63. The van der Waals surface area contributed by atoms with Crippen molar-refractivity contribution in [1.82, 2.24) is 14.9 Å². The number of nitrogens with one attached hydrogen (secondary N) is 2. The maximum absolute atomic E-state index is 12.4. The highest BCUT2D eigenvalue weighted by molar-refractivity contribution is 6.04. The summed E-state index contributed by atoms with van der Waals surface area (Å²) in [5.41, 5.74) is 3.17. The van der Waals surface area contributed by atoms with Crippen LogP contribution in [-0.4, -0.2) is 54.0 Å². The van der Waals surface area contributed by atoms with E-state index < -0.39 is 11.9 Å². The Labute approximate surface area is 227 Å². The Balaban J connectivity index is 1.35. The van der Waals surface area contributed by atoms with Crippen LogP contribution in [0.4, 0.5) is 17.2 Å².